The quantitative estimate of drug-likeness (QED) is 0.633. The van der Waals surface area contributed by atoms with E-state index in [1.807, 2.05) is 0 Å². The second kappa shape index (κ2) is 7.05. The molecule has 0 bridgehead atoms. The van der Waals surface area contributed by atoms with Gasteiger partial charge in [0, 0.05) is 12.3 Å². The summed E-state index contributed by atoms with van der Waals surface area (Å²) in [7, 11) is 0. The normalized spacial score (nSPS) is 7.62. The van der Waals surface area contributed by atoms with E-state index in [2.05, 4.69) is 0 Å². The molecule has 0 aliphatic carbocycles. The van der Waals surface area contributed by atoms with Crippen LogP contribution in [-0.2, 0) is 4.79 Å². The first-order valence-corrected chi connectivity index (χ1v) is 2.58. The lowest BCUT2D eigenvalue weighted by Gasteiger charge is -1.84. The molecule has 50 valence electrons. The molecule has 0 saturated heterocycles. The number of hydrogen-bond donors (Lipinski definition) is 1. The topological polar surface area (TPSA) is 37.3 Å². The molecule has 0 saturated carbocycles. The summed E-state index contributed by atoms with van der Waals surface area (Å²) in [5.41, 5.74) is 0. The van der Waals surface area contributed by atoms with Gasteiger partial charge in [0.15, 0.2) is 0 Å². The molecule has 2 nitrogen and oxygen atoms in total. The van der Waals surface area contributed by atoms with Crippen molar-refractivity contribution in [1.29, 1.82) is 0 Å². The third-order valence-electron chi connectivity index (χ3n) is 0.524. The van der Waals surface area contributed by atoms with E-state index >= 15 is 0 Å². The molecule has 0 atom stereocenters. The molecule has 0 aromatic rings. The van der Waals surface area contributed by atoms with Gasteiger partial charge in [-0.3, -0.25) is 4.79 Å². The molecule has 0 aliphatic rings. The van der Waals surface area contributed by atoms with Crippen LogP contribution in [0.25, 0.3) is 0 Å². The monoisotopic (exact) mass is 158 g/mol. The lowest BCUT2D eigenvalue weighted by Crippen LogP contribution is -1.93. The maximum absolute atomic E-state index is 9.70. The van der Waals surface area contributed by atoms with Gasteiger partial charge < -0.3 is 5.11 Å². The van der Waals surface area contributed by atoms with Crippen LogP contribution in [-0.4, -0.2) is 17.0 Å². The van der Waals surface area contributed by atoms with Crippen LogP contribution in [0.15, 0.2) is 0 Å². The molecule has 0 aromatic carbocycles. The fourth-order valence-corrected chi connectivity index (χ4v) is 0.352. The Kier molecular flexibility index (Phi) is 9.63. The maximum Gasteiger partial charge on any atom is 0.303 e. The van der Waals surface area contributed by atoms with E-state index < -0.39 is 5.97 Å². The van der Waals surface area contributed by atoms with Crippen molar-refractivity contribution < 1.29 is 9.90 Å². The molecule has 0 unspecified atom stereocenters. The Hall–Kier alpha value is 0.0500. The number of carbonyl (C=O) groups is 1. The van der Waals surface area contributed by atoms with E-state index in [-0.39, 0.29) is 18.8 Å². The molecule has 0 heterocycles. The zero-order chi connectivity index (χ0) is 5.70. The molecule has 8 heavy (non-hydrogen) atoms. The summed E-state index contributed by atoms with van der Waals surface area (Å²) >= 11 is 5.18. The number of carboxylic acids is 1. The lowest BCUT2D eigenvalue weighted by molar-refractivity contribution is -0.137. The summed E-state index contributed by atoms with van der Waals surface area (Å²) in [6, 6.07) is 0. The highest BCUT2D eigenvalue weighted by atomic mass is 35.5. The van der Waals surface area contributed by atoms with E-state index in [0.717, 1.165) is 0 Å². The van der Waals surface area contributed by atoms with E-state index in [1.165, 1.54) is 0 Å². The Labute approximate surface area is 59.2 Å². The predicted octanol–water partition coefficient (Wildman–Crippen LogP) is 1.51. The van der Waals surface area contributed by atoms with Gasteiger partial charge in [-0.2, -0.15) is 0 Å². The largest absolute Gasteiger partial charge is 0.481 e. The van der Waals surface area contributed by atoms with Crippen molar-refractivity contribution in [2.75, 3.05) is 5.88 Å². The van der Waals surface area contributed by atoms with Gasteiger partial charge in [-0.1, -0.05) is 0 Å². The average molecular weight is 159 g/mol. The van der Waals surface area contributed by atoms with Gasteiger partial charge in [0.25, 0.3) is 0 Å². The van der Waals surface area contributed by atoms with Gasteiger partial charge >= 0.3 is 5.97 Å². The van der Waals surface area contributed by atoms with Crippen LogP contribution in [0.3, 0.4) is 0 Å². The molecule has 0 radical (unpaired) electrons. The second-order valence-corrected chi connectivity index (χ2v) is 1.56. The lowest BCUT2D eigenvalue weighted by atomic mass is 10.3. The van der Waals surface area contributed by atoms with Crippen molar-refractivity contribution in [1.82, 2.24) is 0 Å². The fraction of sp³-hybridized carbons (Fsp3) is 0.750. The molecule has 0 aliphatic heterocycles. The molecule has 1 N–H and O–H groups in total. The van der Waals surface area contributed by atoms with Crippen molar-refractivity contribution in [3.63, 3.8) is 0 Å². The van der Waals surface area contributed by atoms with Crippen LogP contribution >= 0.6 is 24.0 Å². The third-order valence-corrected chi connectivity index (χ3v) is 0.792. The minimum atomic E-state index is -0.777. The summed E-state index contributed by atoms with van der Waals surface area (Å²) in [4.78, 5) is 9.70. The summed E-state index contributed by atoms with van der Waals surface area (Å²) in [6.45, 7) is 0. The Morgan fingerprint density at radius 3 is 2.25 bits per heavy atom. The van der Waals surface area contributed by atoms with Crippen LogP contribution in [0.1, 0.15) is 12.8 Å². The molecular weight excluding hydrogens is 151 g/mol. The summed E-state index contributed by atoms with van der Waals surface area (Å²) in [5.74, 6) is -0.340. The minimum Gasteiger partial charge on any atom is -0.481 e. The van der Waals surface area contributed by atoms with Crippen LogP contribution in [0.4, 0.5) is 0 Å². The van der Waals surface area contributed by atoms with Crippen molar-refractivity contribution in [3.05, 3.63) is 0 Å². The molecule has 0 rings (SSSR count). The standard InChI is InChI=1S/C4H7ClO2.ClH/c5-3-1-2-4(6)7;/h1-3H2,(H,6,7);1H. The SMILES string of the molecule is Cl.O=C(O)CCCCl. The number of hydrogen-bond acceptors (Lipinski definition) is 1. The Morgan fingerprint density at radius 2 is 2.12 bits per heavy atom. The van der Waals surface area contributed by atoms with Crippen molar-refractivity contribution >= 4 is 30.0 Å². The number of aliphatic carboxylic acids is 1. The van der Waals surface area contributed by atoms with Crippen molar-refractivity contribution in [3.8, 4) is 0 Å². The molecule has 4 heteroatoms. The van der Waals surface area contributed by atoms with E-state index in [1.54, 1.807) is 0 Å². The zero-order valence-corrected chi connectivity index (χ0v) is 5.84. The first-order chi connectivity index (χ1) is 3.27. The number of rotatable bonds is 3. The van der Waals surface area contributed by atoms with Crippen molar-refractivity contribution in [2.45, 2.75) is 12.8 Å². The van der Waals surface area contributed by atoms with Crippen LogP contribution < -0.4 is 0 Å². The molecule has 0 fully saturated rings. The highest BCUT2D eigenvalue weighted by Crippen LogP contribution is 1.89. The van der Waals surface area contributed by atoms with Gasteiger partial charge in [0.05, 0.1) is 0 Å². The minimum absolute atomic E-state index is 0. The van der Waals surface area contributed by atoms with Crippen LogP contribution in [0, 0.1) is 0 Å². The highest BCUT2D eigenvalue weighted by molar-refractivity contribution is 6.17. The highest BCUT2D eigenvalue weighted by Gasteiger charge is 1.91. The smallest absolute Gasteiger partial charge is 0.303 e. The van der Waals surface area contributed by atoms with Gasteiger partial charge in [0.2, 0.25) is 0 Å². The van der Waals surface area contributed by atoms with Gasteiger partial charge in [-0.25, -0.2) is 0 Å². The summed E-state index contributed by atoms with van der Waals surface area (Å²) < 4.78 is 0. The van der Waals surface area contributed by atoms with E-state index in [9.17, 15) is 4.79 Å². The fourth-order valence-electron chi connectivity index (χ4n) is 0.218. The van der Waals surface area contributed by atoms with Gasteiger partial charge in [-0.15, -0.1) is 24.0 Å². The first-order valence-electron chi connectivity index (χ1n) is 2.05. The average Bonchev–Trinajstić information content (AvgIpc) is 1.61. The van der Waals surface area contributed by atoms with Gasteiger partial charge in [0.1, 0.15) is 0 Å². The third kappa shape index (κ3) is 9.41. The predicted molar refractivity (Wildman–Crippen MR) is 34.8 cm³/mol. The first kappa shape index (κ1) is 10.9. The van der Waals surface area contributed by atoms with Crippen molar-refractivity contribution in [2.24, 2.45) is 0 Å². The zero-order valence-electron chi connectivity index (χ0n) is 4.26. The maximum atomic E-state index is 9.70. The molecule has 0 aromatic heterocycles. The van der Waals surface area contributed by atoms with E-state index in [4.69, 9.17) is 16.7 Å². The molecular formula is C4H8Cl2O2. The Bertz CT molecular complexity index is 65.1. The van der Waals surface area contributed by atoms with Gasteiger partial charge in [-0.05, 0) is 6.42 Å². The summed E-state index contributed by atoms with van der Waals surface area (Å²) in [6.07, 6.45) is 0.750. The Balaban J connectivity index is 0. The number of carboxylic acid groups (broad SMARTS) is 1. The van der Waals surface area contributed by atoms with Crippen LogP contribution in [0.2, 0.25) is 0 Å². The second-order valence-electron chi connectivity index (χ2n) is 1.19. The summed E-state index contributed by atoms with van der Waals surface area (Å²) in [5, 5.41) is 7.99. The van der Waals surface area contributed by atoms with E-state index in [0.29, 0.717) is 12.3 Å². The van der Waals surface area contributed by atoms with Crippen LogP contribution in [0.5, 0.6) is 0 Å². The number of halogens is 2. The molecule has 0 spiro atoms. The Morgan fingerprint density at radius 1 is 1.62 bits per heavy atom. The molecule has 0 amide bonds. The number of alkyl halides is 1.